The van der Waals surface area contributed by atoms with Crippen molar-refractivity contribution >= 4 is 45.7 Å². The van der Waals surface area contributed by atoms with Gasteiger partial charge in [0.05, 0.1) is 27.9 Å². The first-order valence-electron chi connectivity index (χ1n) is 11.5. The highest BCUT2D eigenvalue weighted by Gasteiger charge is 2.27. The molecule has 4 rings (SSSR count). The second-order valence-corrected chi connectivity index (χ2v) is 9.50. The number of hydrogen-bond acceptors (Lipinski definition) is 6. The van der Waals surface area contributed by atoms with Gasteiger partial charge in [-0.05, 0) is 44.8 Å². The maximum atomic E-state index is 13.0. The molecule has 182 valence electrons. The Kier molecular flexibility index (Phi) is 7.97. The molecule has 1 aliphatic heterocycles. The average molecular weight is 512 g/mol. The van der Waals surface area contributed by atoms with Crippen molar-refractivity contribution in [2.75, 3.05) is 58.3 Å². The van der Waals surface area contributed by atoms with Crippen molar-refractivity contribution < 1.29 is 9.53 Å². The smallest absolute Gasteiger partial charge is 0.254 e. The monoisotopic (exact) mass is 511 g/mol. The van der Waals surface area contributed by atoms with E-state index in [9.17, 15) is 10.1 Å². The number of anilines is 1. The van der Waals surface area contributed by atoms with E-state index in [1.54, 1.807) is 23.1 Å². The SMILES string of the molecule is CN(C)CCCOc1nc2ccccc2c(N2CCN(C(=O)c3ccc(Cl)c(Cl)c3)CC2)c1C#N. The number of hydrogen-bond donors (Lipinski definition) is 0. The van der Waals surface area contributed by atoms with Crippen LogP contribution in [-0.4, -0.2) is 74.1 Å². The Morgan fingerprint density at radius 2 is 1.86 bits per heavy atom. The molecule has 0 aliphatic carbocycles. The minimum atomic E-state index is -0.0896. The van der Waals surface area contributed by atoms with Crippen LogP contribution in [0.5, 0.6) is 5.88 Å². The molecular formula is C26H27Cl2N5O2. The van der Waals surface area contributed by atoms with Crippen molar-refractivity contribution in [1.29, 1.82) is 5.26 Å². The molecule has 0 spiro atoms. The number of nitrogens with zero attached hydrogens (tertiary/aromatic N) is 5. The van der Waals surface area contributed by atoms with Gasteiger partial charge in [0, 0.05) is 43.7 Å². The Bertz CT molecular complexity index is 1270. The van der Waals surface area contributed by atoms with Crippen molar-refractivity contribution in [3.63, 3.8) is 0 Å². The summed E-state index contributed by atoms with van der Waals surface area (Å²) in [5.41, 5.74) is 2.52. The van der Waals surface area contributed by atoms with E-state index in [0.29, 0.717) is 59.8 Å². The van der Waals surface area contributed by atoms with Gasteiger partial charge >= 0.3 is 0 Å². The maximum Gasteiger partial charge on any atom is 0.254 e. The number of nitriles is 1. The first kappa shape index (κ1) is 25.1. The van der Waals surface area contributed by atoms with Crippen LogP contribution in [0.3, 0.4) is 0 Å². The normalized spacial score (nSPS) is 13.8. The number of rotatable bonds is 7. The van der Waals surface area contributed by atoms with E-state index < -0.39 is 0 Å². The summed E-state index contributed by atoms with van der Waals surface area (Å²) < 4.78 is 5.98. The minimum absolute atomic E-state index is 0.0896. The highest BCUT2D eigenvalue weighted by Crippen LogP contribution is 2.36. The van der Waals surface area contributed by atoms with E-state index in [1.165, 1.54) is 0 Å². The van der Waals surface area contributed by atoms with Crippen LogP contribution in [0, 0.1) is 11.3 Å². The van der Waals surface area contributed by atoms with Gasteiger partial charge in [-0.15, -0.1) is 0 Å². The predicted molar refractivity (Wildman–Crippen MR) is 140 cm³/mol. The Morgan fingerprint density at radius 3 is 2.54 bits per heavy atom. The van der Waals surface area contributed by atoms with Gasteiger partial charge in [-0.2, -0.15) is 5.26 Å². The molecule has 3 aromatic rings. The molecule has 0 saturated carbocycles. The summed E-state index contributed by atoms with van der Waals surface area (Å²) in [7, 11) is 4.03. The van der Waals surface area contributed by atoms with Crippen LogP contribution in [0.25, 0.3) is 10.9 Å². The second-order valence-electron chi connectivity index (χ2n) is 8.68. The number of halogens is 2. The van der Waals surface area contributed by atoms with Crippen molar-refractivity contribution in [2.45, 2.75) is 6.42 Å². The summed E-state index contributed by atoms with van der Waals surface area (Å²) in [5, 5.41) is 11.8. The summed E-state index contributed by atoms with van der Waals surface area (Å²) >= 11 is 12.1. The predicted octanol–water partition coefficient (Wildman–Crippen LogP) is 4.71. The lowest BCUT2D eigenvalue weighted by molar-refractivity contribution is 0.0747. The average Bonchev–Trinajstić information content (AvgIpc) is 2.87. The number of aromatic nitrogens is 1. The quantitative estimate of drug-likeness (QED) is 0.427. The fourth-order valence-electron chi connectivity index (χ4n) is 4.20. The number of benzene rings is 2. The van der Waals surface area contributed by atoms with Crippen molar-refractivity contribution in [2.24, 2.45) is 0 Å². The molecule has 35 heavy (non-hydrogen) atoms. The Hall–Kier alpha value is -3.05. The summed E-state index contributed by atoms with van der Waals surface area (Å²) in [5.74, 6) is 0.266. The zero-order valence-electron chi connectivity index (χ0n) is 19.8. The molecule has 0 unspecified atom stereocenters. The molecular weight excluding hydrogens is 485 g/mol. The third kappa shape index (κ3) is 5.62. The summed E-state index contributed by atoms with van der Waals surface area (Å²) in [6.45, 7) is 3.55. The number of ether oxygens (including phenoxy) is 1. The minimum Gasteiger partial charge on any atom is -0.477 e. The van der Waals surface area contributed by atoms with E-state index in [0.717, 1.165) is 29.6 Å². The van der Waals surface area contributed by atoms with E-state index >= 15 is 0 Å². The molecule has 7 nitrogen and oxygen atoms in total. The lowest BCUT2D eigenvalue weighted by Crippen LogP contribution is -2.49. The van der Waals surface area contributed by atoms with Crippen LogP contribution >= 0.6 is 23.2 Å². The van der Waals surface area contributed by atoms with Gasteiger partial charge in [0.1, 0.15) is 11.6 Å². The van der Waals surface area contributed by atoms with Gasteiger partial charge < -0.3 is 19.4 Å². The molecule has 9 heteroatoms. The van der Waals surface area contributed by atoms with Gasteiger partial charge in [-0.1, -0.05) is 41.4 Å². The Labute approximate surface area is 215 Å². The number of carbonyl (C=O) groups excluding carboxylic acids is 1. The van der Waals surface area contributed by atoms with Gasteiger partial charge in [-0.3, -0.25) is 4.79 Å². The first-order valence-corrected chi connectivity index (χ1v) is 12.2. The Balaban J connectivity index is 1.57. The fourth-order valence-corrected chi connectivity index (χ4v) is 4.50. The zero-order valence-corrected chi connectivity index (χ0v) is 21.3. The van der Waals surface area contributed by atoms with Crippen LogP contribution < -0.4 is 9.64 Å². The van der Waals surface area contributed by atoms with Gasteiger partial charge in [-0.25, -0.2) is 4.98 Å². The van der Waals surface area contributed by atoms with Gasteiger partial charge in [0.2, 0.25) is 5.88 Å². The number of carbonyl (C=O) groups is 1. The standard InChI is InChI=1S/C26H27Cl2N5O2/c1-31(2)10-5-15-35-25-20(17-29)24(19-6-3-4-7-23(19)30-25)32-11-13-33(14-12-32)26(34)18-8-9-21(27)22(28)16-18/h3-4,6-9,16H,5,10-15H2,1-2H3. The molecule has 1 saturated heterocycles. The molecule has 1 amide bonds. The van der Waals surface area contributed by atoms with Crippen molar-refractivity contribution in [1.82, 2.24) is 14.8 Å². The molecule has 0 atom stereocenters. The van der Waals surface area contributed by atoms with Crippen LogP contribution in [0.15, 0.2) is 42.5 Å². The molecule has 0 bridgehead atoms. The van der Waals surface area contributed by atoms with Crippen LogP contribution in [0.2, 0.25) is 10.0 Å². The van der Waals surface area contributed by atoms with Crippen molar-refractivity contribution in [3.05, 3.63) is 63.6 Å². The largest absolute Gasteiger partial charge is 0.477 e. The lowest BCUT2D eigenvalue weighted by atomic mass is 10.1. The number of piperazine rings is 1. The fraction of sp³-hybridized carbons (Fsp3) is 0.346. The molecule has 1 fully saturated rings. The molecule has 0 radical (unpaired) electrons. The third-order valence-corrected chi connectivity index (χ3v) is 6.72. The highest BCUT2D eigenvalue weighted by atomic mass is 35.5. The van der Waals surface area contributed by atoms with E-state index in [-0.39, 0.29) is 5.91 Å². The zero-order chi connectivity index (χ0) is 24.9. The highest BCUT2D eigenvalue weighted by molar-refractivity contribution is 6.42. The molecule has 0 N–H and O–H groups in total. The van der Waals surface area contributed by atoms with E-state index in [1.807, 2.05) is 38.4 Å². The topological polar surface area (TPSA) is 72.7 Å². The number of para-hydroxylation sites is 1. The summed E-state index contributed by atoms with van der Waals surface area (Å²) in [4.78, 5) is 23.7. The number of fused-ring (bicyclic) bond motifs is 1. The lowest BCUT2D eigenvalue weighted by Gasteiger charge is -2.37. The Morgan fingerprint density at radius 1 is 1.11 bits per heavy atom. The van der Waals surface area contributed by atoms with Crippen molar-refractivity contribution in [3.8, 4) is 11.9 Å². The number of amides is 1. The van der Waals surface area contributed by atoms with Crippen LogP contribution in [-0.2, 0) is 0 Å². The van der Waals surface area contributed by atoms with Crippen LogP contribution in [0.4, 0.5) is 5.69 Å². The maximum absolute atomic E-state index is 13.0. The molecule has 2 heterocycles. The van der Waals surface area contributed by atoms with Gasteiger partial charge in [0.15, 0.2) is 0 Å². The first-order chi connectivity index (χ1) is 16.9. The van der Waals surface area contributed by atoms with E-state index in [2.05, 4.69) is 20.9 Å². The van der Waals surface area contributed by atoms with E-state index in [4.69, 9.17) is 27.9 Å². The third-order valence-electron chi connectivity index (χ3n) is 5.98. The molecule has 1 aromatic heterocycles. The van der Waals surface area contributed by atoms with Crippen LogP contribution in [0.1, 0.15) is 22.3 Å². The summed E-state index contributed by atoms with van der Waals surface area (Å²) in [6, 6.07) is 15.0. The number of pyridine rings is 1. The summed E-state index contributed by atoms with van der Waals surface area (Å²) in [6.07, 6.45) is 0.831. The second kappa shape index (κ2) is 11.1. The molecule has 2 aromatic carbocycles. The van der Waals surface area contributed by atoms with Gasteiger partial charge in [0.25, 0.3) is 5.91 Å². The molecule has 1 aliphatic rings.